The molecule has 6 atom stereocenters. The molecular formula is C36H42ClN3O5S2. The normalized spacial score (nSPS) is 32.6. The van der Waals surface area contributed by atoms with Gasteiger partial charge < -0.3 is 14.7 Å². The van der Waals surface area contributed by atoms with E-state index in [2.05, 4.69) is 26.7 Å². The summed E-state index contributed by atoms with van der Waals surface area (Å²) >= 11 is 7.98. The topological polar surface area (TPSA) is 109 Å². The van der Waals surface area contributed by atoms with Crippen LogP contribution in [0.3, 0.4) is 0 Å². The zero-order chi connectivity index (χ0) is 33.0. The highest BCUT2D eigenvalue weighted by Crippen LogP contribution is 2.49. The van der Waals surface area contributed by atoms with Crippen LogP contribution in [0.2, 0.25) is 5.02 Å². The molecule has 47 heavy (non-hydrogen) atoms. The number of aryl methyl sites for hydroxylation is 1. The van der Waals surface area contributed by atoms with Crippen LogP contribution in [0.15, 0.2) is 60.1 Å². The molecule has 250 valence electrons. The molecule has 1 fully saturated rings. The van der Waals surface area contributed by atoms with Gasteiger partial charge in [0.1, 0.15) is 5.75 Å². The van der Waals surface area contributed by atoms with E-state index in [1.165, 1.54) is 22.5 Å². The number of halogens is 1. The molecule has 0 unspecified atom stereocenters. The highest BCUT2D eigenvalue weighted by Gasteiger charge is 2.48. The minimum atomic E-state index is -3.97. The number of allylic oxidation sites excluding steroid dienone is 1. The fourth-order valence-electron chi connectivity index (χ4n) is 8.15. The van der Waals surface area contributed by atoms with Crippen molar-refractivity contribution in [2.45, 2.75) is 75.1 Å². The second-order valence-electron chi connectivity index (χ2n) is 14.1. The number of rotatable bonds is 2. The minimum Gasteiger partial charge on any atom is -0.490 e. The maximum absolute atomic E-state index is 13.5. The molecule has 3 heterocycles. The van der Waals surface area contributed by atoms with Gasteiger partial charge in [-0.3, -0.25) is 4.79 Å². The maximum Gasteiger partial charge on any atom is 0.264 e. The van der Waals surface area contributed by atoms with E-state index < -0.39 is 26.8 Å². The molecule has 11 heteroatoms. The van der Waals surface area contributed by atoms with Crippen molar-refractivity contribution in [2.75, 3.05) is 24.6 Å². The second kappa shape index (κ2) is 12.5. The van der Waals surface area contributed by atoms with E-state index in [0.717, 1.165) is 47.8 Å². The number of amides is 1. The number of aromatic nitrogens is 1. The first-order valence-electron chi connectivity index (χ1n) is 16.6. The number of thiazole rings is 1. The van der Waals surface area contributed by atoms with E-state index in [4.69, 9.17) is 16.3 Å². The average molecular weight is 696 g/mol. The summed E-state index contributed by atoms with van der Waals surface area (Å²) in [6.07, 6.45) is 11.2. The fraction of sp³-hybridized carbons (Fsp3) is 0.500. The van der Waals surface area contributed by atoms with Gasteiger partial charge in [0.05, 0.1) is 28.2 Å². The number of benzene rings is 2. The van der Waals surface area contributed by atoms with Gasteiger partial charge in [0.25, 0.3) is 5.91 Å². The molecule has 7 rings (SSSR count). The summed E-state index contributed by atoms with van der Waals surface area (Å²) in [6.45, 7) is 5.29. The summed E-state index contributed by atoms with van der Waals surface area (Å²) in [6, 6.07) is 11.4. The van der Waals surface area contributed by atoms with Crippen LogP contribution in [0.25, 0.3) is 0 Å². The Morgan fingerprint density at radius 2 is 2.04 bits per heavy atom. The lowest BCUT2D eigenvalue weighted by atomic mass is 9.63. The minimum absolute atomic E-state index is 0.0143. The lowest BCUT2D eigenvalue weighted by Gasteiger charge is -2.49. The molecule has 1 spiro atoms. The summed E-state index contributed by atoms with van der Waals surface area (Å²) in [5.41, 5.74) is 2.09. The van der Waals surface area contributed by atoms with Crippen molar-refractivity contribution in [1.82, 2.24) is 9.71 Å². The summed E-state index contributed by atoms with van der Waals surface area (Å²) < 4.78 is 35.7. The quantitative estimate of drug-likeness (QED) is 0.303. The molecule has 2 bridgehead atoms. The number of carbonyl (C=O) groups excluding carboxylic acids is 1. The SMILES string of the molecule is C[C@@H]1[C@@H](C)C/C=C/[C@@](O)(Cc2nccs2)[C@@H]2CC[C@H]2CN2C[C@@]3(CCCc4cc(Cl)ccc43)COc3ccc(cc32)C(=O)NS1(=O)=O. The van der Waals surface area contributed by atoms with Crippen molar-refractivity contribution in [3.05, 3.63) is 86.8 Å². The molecule has 0 saturated heterocycles. The number of ether oxygens (including phenoxy) is 1. The molecule has 4 aliphatic rings. The van der Waals surface area contributed by atoms with Gasteiger partial charge in [-0.15, -0.1) is 11.3 Å². The number of fused-ring (bicyclic) bond motifs is 4. The standard InChI is InChI=1S/C36H42ClN3O5S2/c1-23-5-3-14-36(42,19-33-38-15-16-46-33)30-10-7-27(30)20-40-21-35(13-4-6-25-17-28(37)9-11-29(25)35)22-45-32-12-8-26(18-31(32)40)34(41)39-47(43,44)24(23)2/h3,8-9,11-12,14-18,23-24,27,30,42H,4-7,10,13,19-22H2,1-2H3,(H,39,41)/b14-3+/t23-,24+,27-,30+,35-,36+/m0/s1. The highest BCUT2D eigenvalue weighted by atomic mass is 35.5. The first-order chi connectivity index (χ1) is 22.5. The number of carbonyl (C=O) groups is 1. The Morgan fingerprint density at radius 3 is 2.81 bits per heavy atom. The van der Waals surface area contributed by atoms with Crippen molar-refractivity contribution in [3.63, 3.8) is 0 Å². The number of nitrogens with zero attached hydrogens (tertiary/aromatic N) is 2. The van der Waals surface area contributed by atoms with Crippen LogP contribution in [0.5, 0.6) is 5.75 Å². The molecule has 0 radical (unpaired) electrons. The van der Waals surface area contributed by atoms with Crippen LogP contribution in [0.1, 0.15) is 72.4 Å². The zero-order valence-electron chi connectivity index (χ0n) is 26.8. The maximum atomic E-state index is 13.5. The van der Waals surface area contributed by atoms with Crippen LogP contribution < -0.4 is 14.4 Å². The third-order valence-electron chi connectivity index (χ3n) is 11.2. The number of nitrogens with one attached hydrogen (secondary N) is 1. The Hall–Kier alpha value is -2.92. The first kappa shape index (κ1) is 32.6. The molecule has 1 aromatic heterocycles. The van der Waals surface area contributed by atoms with Gasteiger partial charge in [-0.05, 0) is 105 Å². The van der Waals surface area contributed by atoms with Gasteiger partial charge >= 0.3 is 0 Å². The molecule has 2 aromatic carbocycles. The molecule has 2 N–H and O–H groups in total. The van der Waals surface area contributed by atoms with E-state index in [-0.39, 0.29) is 28.7 Å². The molecule has 1 amide bonds. The van der Waals surface area contributed by atoms with Crippen LogP contribution in [0, 0.1) is 17.8 Å². The largest absolute Gasteiger partial charge is 0.490 e. The van der Waals surface area contributed by atoms with Crippen LogP contribution >= 0.6 is 22.9 Å². The van der Waals surface area contributed by atoms with Gasteiger partial charge in [-0.2, -0.15) is 0 Å². The monoisotopic (exact) mass is 695 g/mol. The fourth-order valence-corrected chi connectivity index (χ4v) is 10.3. The Morgan fingerprint density at radius 1 is 1.19 bits per heavy atom. The van der Waals surface area contributed by atoms with Gasteiger partial charge in [0.2, 0.25) is 10.0 Å². The van der Waals surface area contributed by atoms with Crippen LogP contribution in [-0.4, -0.2) is 55.0 Å². The third-order valence-corrected chi connectivity index (χ3v) is 14.1. The van der Waals surface area contributed by atoms with E-state index >= 15 is 0 Å². The van der Waals surface area contributed by atoms with Crippen LogP contribution in [0.4, 0.5) is 5.69 Å². The Kier molecular flexibility index (Phi) is 8.68. The van der Waals surface area contributed by atoms with Gasteiger partial charge in [0, 0.05) is 47.1 Å². The van der Waals surface area contributed by atoms with Crippen molar-refractivity contribution in [2.24, 2.45) is 17.8 Å². The van der Waals surface area contributed by atoms with Crippen molar-refractivity contribution in [3.8, 4) is 5.75 Å². The average Bonchev–Trinajstić information content (AvgIpc) is 3.47. The highest BCUT2D eigenvalue weighted by molar-refractivity contribution is 7.90. The molecule has 8 nitrogen and oxygen atoms in total. The molecule has 2 aliphatic carbocycles. The summed E-state index contributed by atoms with van der Waals surface area (Å²) in [4.78, 5) is 20.3. The van der Waals surface area contributed by atoms with E-state index in [0.29, 0.717) is 38.3 Å². The Bertz CT molecular complexity index is 1800. The van der Waals surface area contributed by atoms with Crippen molar-refractivity contribution < 1.29 is 23.1 Å². The number of aliphatic hydroxyl groups is 1. The summed E-state index contributed by atoms with van der Waals surface area (Å²) in [5.74, 6) is -0.0988. The predicted octanol–water partition coefficient (Wildman–Crippen LogP) is 6.31. The summed E-state index contributed by atoms with van der Waals surface area (Å²) in [5, 5.41) is 15.1. The van der Waals surface area contributed by atoms with E-state index in [9.17, 15) is 18.3 Å². The predicted molar refractivity (Wildman–Crippen MR) is 186 cm³/mol. The molecule has 3 aromatic rings. The van der Waals surface area contributed by atoms with Gasteiger partial charge in [-0.25, -0.2) is 18.1 Å². The lowest BCUT2D eigenvalue weighted by Crippen LogP contribution is -2.53. The number of sulfonamides is 1. The molecular weight excluding hydrogens is 654 g/mol. The van der Waals surface area contributed by atoms with E-state index in [1.54, 1.807) is 31.3 Å². The Balaban J connectivity index is 1.32. The van der Waals surface area contributed by atoms with Gasteiger partial charge in [-0.1, -0.05) is 36.7 Å². The Labute approximate surface area is 286 Å². The number of anilines is 1. The lowest BCUT2D eigenvalue weighted by molar-refractivity contribution is -0.0447. The number of hydrogen-bond acceptors (Lipinski definition) is 8. The first-order valence-corrected chi connectivity index (χ1v) is 19.4. The molecule has 2 aliphatic heterocycles. The second-order valence-corrected chi connectivity index (χ2v) is 17.6. The van der Waals surface area contributed by atoms with Crippen LogP contribution in [-0.2, 0) is 28.3 Å². The third kappa shape index (κ3) is 6.22. The summed E-state index contributed by atoms with van der Waals surface area (Å²) in [7, 11) is -3.97. The zero-order valence-corrected chi connectivity index (χ0v) is 29.2. The number of hydrogen-bond donors (Lipinski definition) is 2. The molecule has 1 saturated carbocycles. The van der Waals surface area contributed by atoms with Crippen molar-refractivity contribution in [1.29, 1.82) is 0 Å². The van der Waals surface area contributed by atoms with Crippen molar-refractivity contribution >= 4 is 44.6 Å². The smallest absolute Gasteiger partial charge is 0.264 e. The van der Waals surface area contributed by atoms with Gasteiger partial charge in [0.15, 0.2) is 0 Å². The van der Waals surface area contributed by atoms with E-state index in [1.807, 2.05) is 30.5 Å².